The van der Waals surface area contributed by atoms with Crippen LogP contribution in [0.5, 0.6) is 5.75 Å². The van der Waals surface area contributed by atoms with Crippen molar-refractivity contribution < 1.29 is 9.15 Å². The fourth-order valence-corrected chi connectivity index (χ4v) is 2.73. The molecule has 3 nitrogen and oxygen atoms in total. The summed E-state index contributed by atoms with van der Waals surface area (Å²) in [6.07, 6.45) is 12.2. The Kier molecular flexibility index (Phi) is 10.6. The summed E-state index contributed by atoms with van der Waals surface area (Å²) in [4.78, 5) is 0. The summed E-state index contributed by atoms with van der Waals surface area (Å²) < 4.78 is 11.3. The number of nitrogens with one attached hydrogen (secondary N) is 1. The van der Waals surface area contributed by atoms with Crippen molar-refractivity contribution in [1.82, 2.24) is 5.32 Å². The summed E-state index contributed by atoms with van der Waals surface area (Å²) in [6, 6.07) is 8.01. The molecule has 0 fully saturated rings. The van der Waals surface area contributed by atoms with Crippen molar-refractivity contribution in [3.8, 4) is 5.75 Å². The van der Waals surface area contributed by atoms with Gasteiger partial charge in [-0.3, -0.25) is 0 Å². The molecular weight excluding hydrogens is 310 g/mol. The molecule has 0 radical (unpaired) electrons. The molecule has 0 amide bonds. The molecule has 0 aliphatic rings. The Balaban J connectivity index is 0.00000264. The highest BCUT2D eigenvalue weighted by Gasteiger charge is 2.04. The molecule has 2 rings (SSSR count). The van der Waals surface area contributed by atoms with Crippen LogP contribution >= 0.6 is 12.4 Å². The lowest BCUT2D eigenvalue weighted by Gasteiger charge is -2.06. The van der Waals surface area contributed by atoms with Crippen molar-refractivity contribution in [2.24, 2.45) is 0 Å². The van der Waals surface area contributed by atoms with E-state index in [1.165, 1.54) is 44.9 Å². The number of fused-ring (bicyclic) bond motifs is 1. The molecule has 1 aromatic carbocycles. The molecule has 0 aliphatic carbocycles. The normalized spacial score (nSPS) is 10.7. The standard InChI is InChI=1S/C19H29NO2.ClH/c1-20-14-8-6-4-2-3-5-7-9-15-21-18-12-10-11-17-13-16-22-19(17)18;/h10-13,16,20H,2-9,14-15H2,1H3;1H. The lowest BCUT2D eigenvalue weighted by molar-refractivity contribution is 0.303. The first kappa shape index (κ1) is 19.9. The molecule has 4 heteroatoms. The van der Waals surface area contributed by atoms with E-state index in [2.05, 4.69) is 5.32 Å². The number of furan rings is 1. The predicted octanol–water partition coefficient (Wildman–Crippen LogP) is 5.57. The Morgan fingerprint density at radius 1 is 0.913 bits per heavy atom. The molecule has 2 aromatic rings. The number of rotatable bonds is 12. The van der Waals surface area contributed by atoms with Crippen LogP contribution in [0.1, 0.15) is 51.4 Å². The molecule has 1 N–H and O–H groups in total. The summed E-state index contributed by atoms with van der Waals surface area (Å²) in [5.41, 5.74) is 0.865. The van der Waals surface area contributed by atoms with Gasteiger partial charge in [-0.25, -0.2) is 0 Å². The zero-order chi connectivity index (χ0) is 15.5. The first-order valence-corrected chi connectivity index (χ1v) is 8.65. The predicted molar refractivity (Wildman–Crippen MR) is 99.8 cm³/mol. The van der Waals surface area contributed by atoms with Crippen LogP contribution in [0.3, 0.4) is 0 Å². The Hall–Kier alpha value is -1.19. The van der Waals surface area contributed by atoms with E-state index in [0.29, 0.717) is 0 Å². The van der Waals surface area contributed by atoms with E-state index in [1.807, 2.05) is 31.3 Å². The minimum Gasteiger partial charge on any atom is -0.490 e. The van der Waals surface area contributed by atoms with E-state index in [1.54, 1.807) is 6.26 Å². The molecule has 0 saturated heterocycles. The molecule has 23 heavy (non-hydrogen) atoms. The average molecular weight is 340 g/mol. The molecule has 1 heterocycles. The van der Waals surface area contributed by atoms with Crippen LogP contribution in [-0.4, -0.2) is 20.2 Å². The lowest BCUT2D eigenvalue weighted by atomic mass is 10.1. The molecule has 0 spiro atoms. The van der Waals surface area contributed by atoms with Crippen molar-refractivity contribution in [1.29, 1.82) is 0 Å². The molecule has 0 bridgehead atoms. The third-order valence-corrected chi connectivity index (χ3v) is 4.02. The van der Waals surface area contributed by atoms with Gasteiger partial charge in [-0.15, -0.1) is 12.4 Å². The molecule has 1 aromatic heterocycles. The van der Waals surface area contributed by atoms with Crippen molar-refractivity contribution in [3.63, 3.8) is 0 Å². The van der Waals surface area contributed by atoms with Gasteiger partial charge in [-0.05, 0) is 38.6 Å². The van der Waals surface area contributed by atoms with Gasteiger partial charge in [0.25, 0.3) is 0 Å². The van der Waals surface area contributed by atoms with Gasteiger partial charge in [0.15, 0.2) is 11.3 Å². The lowest BCUT2D eigenvalue weighted by Crippen LogP contribution is -2.06. The quantitative estimate of drug-likeness (QED) is 0.513. The maximum atomic E-state index is 5.85. The van der Waals surface area contributed by atoms with Crippen molar-refractivity contribution >= 4 is 23.4 Å². The van der Waals surface area contributed by atoms with E-state index in [0.717, 1.165) is 36.3 Å². The van der Waals surface area contributed by atoms with Gasteiger partial charge < -0.3 is 14.5 Å². The Morgan fingerprint density at radius 3 is 2.35 bits per heavy atom. The number of benzene rings is 1. The fraction of sp³-hybridized carbons (Fsp3) is 0.579. The van der Waals surface area contributed by atoms with Crippen molar-refractivity contribution in [2.75, 3.05) is 20.2 Å². The summed E-state index contributed by atoms with van der Waals surface area (Å²) in [7, 11) is 2.02. The highest BCUT2D eigenvalue weighted by Crippen LogP contribution is 2.26. The Labute approximate surface area is 146 Å². The molecule has 0 atom stereocenters. The second kappa shape index (κ2) is 12.3. The average Bonchev–Trinajstić information content (AvgIpc) is 3.02. The number of unbranched alkanes of at least 4 members (excludes halogenated alkanes) is 7. The van der Waals surface area contributed by atoms with Gasteiger partial charge in [-0.1, -0.05) is 50.7 Å². The van der Waals surface area contributed by atoms with Crippen LogP contribution in [0, 0.1) is 0 Å². The van der Waals surface area contributed by atoms with Crippen LogP contribution < -0.4 is 10.1 Å². The summed E-state index contributed by atoms with van der Waals surface area (Å²) in [5, 5.41) is 4.30. The number of para-hydroxylation sites is 1. The Morgan fingerprint density at radius 2 is 1.61 bits per heavy atom. The van der Waals surface area contributed by atoms with Crippen LogP contribution in [0.2, 0.25) is 0 Å². The molecular formula is C19H30ClNO2. The molecule has 0 aliphatic heterocycles. The summed E-state index contributed by atoms with van der Waals surface area (Å²) >= 11 is 0. The number of hydrogen-bond donors (Lipinski definition) is 1. The van der Waals surface area contributed by atoms with Gasteiger partial charge >= 0.3 is 0 Å². The first-order chi connectivity index (χ1) is 10.9. The van der Waals surface area contributed by atoms with Gasteiger partial charge in [-0.2, -0.15) is 0 Å². The maximum Gasteiger partial charge on any atom is 0.175 e. The highest BCUT2D eigenvalue weighted by atomic mass is 35.5. The van der Waals surface area contributed by atoms with Gasteiger partial charge in [0, 0.05) is 5.39 Å². The second-order valence-corrected chi connectivity index (χ2v) is 5.88. The smallest absolute Gasteiger partial charge is 0.175 e. The fourth-order valence-electron chi connectivity index (χ4n) is 2.73. The molecule has 0 saturated carbocycles. The van der Waals surface area contributed by atoms with Crippen molar-refractivity contribution in [2.45, 2.75) is 51.4 Å². The number of ether oxygens (including phenoxy) is 1. The van der Waals surface area contributed by atoms with E-state index >= 15 is 0 Å². The topological polar surface area (TPSA) is 34.4 Å². The second-order valence-electron chi connectivity index (χ2n) is 5.88. The maximum absolute atomic E-state index is 5.85. The first-order valence-electron chi connectivity index (χ1n) is 8.65. The van der Waals surface area contributed by atoms with E-state index in [4.69, 9.17) is 9.15 Å². The van der Waals surface area contributed by atoms with E-state index < -0.39 is 0 Å². The van der Waals surface area contributed by atoms with Gasteiger partial charge in [0.2, 0.25) is 0 Å². The van der Waals surface area contributed by atoms with Crippen LogP contribution in [-0.2, 0) is 0 Å². The summed E-state index contributed by atoms with van der Waals surface area (Å²) in [6.45, 7) is 1.93. The zero-order valence-corrected chi connectivity index (χ0v) is 15.0. The van der Waals surface area contributed by atoms with E-state index in [9.17, 15) is 0 Å². The van der Waals surface area contributed by atoms with Gasteiger partial charge in [0.1, 0.15) is 0 Å². The Bertz CT molecular complexity index is 527. The highest BCUT2D eigenvalue weighted by molar-refractivity contribution is 5.85. The monoisotopic (exact) mass is 339 g/mol. The third kappa shape index (κ3) is 7.28. The minimum atomic E-state index is 0. The molecule has 0 unspecified atom stereocenters. The summed E-state index contributed by atoms with van der Waals surface area (Å²) in [5.74, 6) is 0.868. The van der Waals surface area contributed by atoms with Gasteiger partial charge in [0.05, 0.1) is 12.9 Å². The largest absolute Gasteiger partial charge is 0.490 e. The number of halogens is 1. The SMILES string of the molecule is CNCCCCCCCCCCOc1cccc2ccoc12.Cl. The van der Waals surface area contributed by atoms with Crippen LogP contribution in [0.25, 0.3) is 11.0 Å². The third-order valence-electron chi connectivity index (χ3n) is 4.02. The zero-order valence-electron chi connectivity index (χ0n) is 14.2. The van der Waals surface area contributed by atoms with E-state index in [-0.39, 0.29) is 12.4 Å². The van der Waals surface area contributed by atoms with Crippen molar-refractivity contribution in [3.05, 3.63) is 30.5 Å². The number of hydrogen-bond acceptors (Lipinski definition) is 3. The molecule has 130 valence electrons. The van der Waals surface area contributed by atoms with Crippen LogP contribution in [0.15, 0.2) is 34.9 Å². The van der Waals surface area contributed by atoms with Crippen LogP contribution in [0.4, 0.5) is 0 Å². The minimum absolute atomic E-state index is 0.